The van der Waals surface area contributed by atoms with Gasteiger partial charge in [0.1, 0.15) is 0 Å². The van der Waals surface area contributed by atoms with Crippen molar-refractivity contribution < 1.29 is 32.3 Å². The fourth-order valence-electron chi connectivity index (χ4n) is 3.60. The number of esters is 2. The van der Waals surface area contributed by atoms with E-state index < -0.39 is 27.9 Å². The number of hydrogen-bond acceptors (Lipinski definition) is 7. The highest BCUT2D eigenvalue weighted by molar-refractivity contribution is 7.89. The molecule has 1 heterocycles. The van der Waals surface area contributed by atoms with Gasteiger partial charge in [-0.1, -0.05) is 18.9 Å². The largest absolute Gasteiger partial charge is 0.465 e. The smallest absolute Gasteiger partial charge is 0.337 e. The standard InChI is InChI=1S/C23H26N2O7S/c1-31-22(27)17-12-18(23(28)32-2)14-19(13-17)24-21(26)16-8-7-9-20(15-16)33(29,30)25-10-5-3-4-6-11-25/h7-9,12-15H,3-6,10-11H2,1-2H3,(H,24,26). The van der Waals surface area contributed by atoms with E-state index in [4.69, 9.17) is 9.47 Å². The number of carbonyl (C=O) groups excluding carboxylic acids is 3. The summed E-state index contributed by atoms with van der Waals surface area (Å²) in [6, 6.07) is 9.78. The Labute approximate surface area is 192 Å². The van der Waals surface area contributed by atoms with Gasteiger partial charge in [0.2, 0.25) is 10.0 Å². The average Bonchev–Trinajstić information content (AvgIpc) is 3.13. The summed E-state index contributed by atoms with van der Waals surface area (Å²) in [5, 5.41) is 2.60. The number of sulfonamides is 1. The van der Waals surface area contributed by atoms with Gasteiger partial charge in [0, 0.05) is 24.3 Å². The van der Waals surface area contributed by atoms with Crippen LogP contribution in [0.5, 0.6) is 0 Å². The van der Waals surface area contributed by atoms with Crippen LogP contribution in [0.1, 0.15) is 56.8 Å². The number of ether oxygens (including phenoxy) is 2. The summed E-state index contributed by atoms with van der Waals surface area (Å²) >= 11 is 0. The van der Waals surface area contributed by atoms with Crippen molar-refractivity contribution in [2.45, 2.75) is 30.6 Å². The van der Waals surface area contributed by atoms with Crippen LogP contribution in [0.25, 0.3) is 0 Å². The fourth-order valence-corrected chi connectivity index (χ4v) is 5.17. The molecule has 1 N–H and O–H groups in total. The quantitative estimate of drug-likeness (QED) is 0.639. The number of carbonyl (C=O) groups is 3. The number of nitrogens with one attached hydrogen (secondary N) is 1. The highest BCUT2D eigenvalue weighted by atomic mass is 32.2. The minimum atomic E-state index is -3.73. The van der Waals surface area contributed by atoms with Gasteiger partial charge in [-0.3, -0.25) is 4.79 Å². The molecule has 10 heteroatoms. The molecule has 0 atom stereocenters. The van der Waals surface area contributed by atoms with Gasteiger partial charge >= 0.3 is 11.9 Å². The fraction of sp³-hybridized carbons (Fsp3) is 0.348. The summed E-state index contributed by atoms with van der Waals surface area (Å²) in [7, 11) is -1.33. The molecule has 0 bridgehead atoms. The third-order valence-corrected chi connectivity index (χ3v) is 7.23. The van der Waals surface area contributed by atoms with Crippen molar-refractivity contribution in [3.8, 4) is 0 Å². The van der Waals surface area contributed by atoms with E-state index in [1.165, 1.54) is 61.0 Å². The van der Waals surface area contributed by atoms with Crippen molar-refractivity contribution in [1.29, 1.82) is 0 Å². The van der Waals surface area contributed by atoms with Gasteiger partial charge in [-0.05, 0) is 49.2 Å². The van der Waals surface area contributed by atoms with Crippen molar-refractivity contribution in [3.05, 3.63) is 59.2 Å². The maximum atomic E-state index is 13.1. The molecule has 33 heavy (non-hydrogen) atoms. The van der Waals surface area contributed by atoms with Crippen LogP contribution in [0.3, 0.4) is 0 Å². The summed E-state index contributed by atoms with van der Waals surface area (Å²) in [6.45, 7) is 0.908. The van der Waals surface area contributed by atoms with Crippen LogP contribution < -0.4 is 5.32 Å². The van der Waals surface area contributed by atoms with E-state index in [0.29, 0.717) is 13.1 Å². The van der Waals surface area contributed by atoms with Gasteiger partial charge in [-0.2, -0.15) is 4.31 Å². The number of rotatable bonds is 6. The number of benzene rings is 2. The Morgan fingerprint density at radius 1 is 0.818 bits per heavy atom. The number of nitrogens with zero attached hydrogens (tertiary/aromatic N) is 1. The maximum Gasteiger partial charge on any atom is 0.337 e. The van der Waals surface area contributed by atoms with E-state index >= 15 is 0 Å². The summed E-state index contributed by atoms with van der Waals surface area (Å²) in [5.41, 5.74) is 0.374. The summed E-state index contributed by atoms with van der Waals surface area (Å²) in [6.07, 6.45) is 3.59. The third kappa shape index (κ3) is 5.77. The average molecular weight is 475 g/mol. The monoisotopic (exact) mass is 474 g/mol. The van der Waals surface area contributed by atoms with E-state index in [2.05, 4.69) is 5.32 Å². The molecule has 9 nitrogen and oxygen atoms in total. The van der Waals surface area contributed by atoms with Crippen molar-refractivity contribution in [2.75, 3.05) is 32.6 Å². The molecule has 1 saturated heterocycles. The van der Waals surface area contributed by atoms with Crippen LogP contribution in [0.15, 0.2) is 47.4 Å². The van der Waals surface area contributed by atoms with Crippen LogP contribution in [-0.4, -0.2) is 57.9 Å². The minimum Gasteiger partial charge on any atom is -0.465 e. The van der Waals surface area contributed by atoms with Gasteiger partial charge in [-0.15, -0.1) is 0 Å². The zero-order valence-electron chi connectivity index (χ0n) is 18.5. The van der Waals surface area contributed by atoms with Gasteiger partial charge < -0.3 is 14.8 Å². The van der Waals surface area contributed by atoms with Crippen molar-refractivity contribution >= 4 is 33.6 Å². The number of anilines is 1. The van der Waals surface area contributed by atoms with Gasteiger partial charge in [0.25, 0.3) is 5.91 Å². The van der Waals surface area contributed by atoms with E-state index in [-0.39, 0.29) is 27.3 Å². The van der Waals surface area contributed by atoms with Crippen LogP contribution >= 0.6 is 0 Å². The first kappa shape index (κ1) is 24.4. The Hall–Kier alpha value is -3.24. The van der Waals surface area contributed by atoms with Crippen molar-refractivity contribution in [1.82, 2.24) is 4.31 Å². The van der Waals surface area contributed by atoms with Crippen LogP contribution in [0.4, 0.5) is 5.69 Å². The molecule has 1 amide bonds. The lowest BCUT2D eigenvalue weighted by Crippen LogP contribution is -2.32. The molecule has 0 spiro atoms. The lowest BCUT2D eigenvalue weighted by Gasteiger charge is -2.20. The molecular formula is C23H26N2O7S. The SMILES string of the molecule is COC(=O)c1cc(NC(=O)c2cccc(S(=O)(=O)N3CCCCCC3)c2)cc(C(=O)OC)c1. The summed E-state index contributed by atoms with van der Waals surface area (Å²) in [4.78, 5) is 36.8. The minimum absolute atomic E-state index is 0.0376. The normalized spacial score (nSPS) is 14.7. The number of methoxy groups -OCH3 is 2. The first-order valence-corrected chi connectivity index (χ1v) is 11.9. The highest BCUT2D eigenvalue weighted by Crippen LogP contribution is 2.22. The molecule has 0 saturated carbocycles. The molecule has 2 aromatic carbocycles. The Morgan fingerprint density at radius 2 is 1.39 bits per heavy atom. The lowest BCUT2D eigenvalue weighted by atomic mass is 10.1. The van der Waals surface area contributed by atoms with Crippen LogP contribution in [-0.2, 0) is 19.5 Å². The Kier molecular flexibility index (Phi) is 7.83. The zero-order chi connectivity index (χ0) is 24.0. The van der Waals surface area contributed by atoms with Gasteiger partial charge in [0.05, 0.1) is 30.2 Å². The van der Waals surface area contributed by atoms with E-state index in [9.17, 15) is 22.8 Å². The third-order valence-electron chi connectivity index (χ3n) is 5.33. The van der Waals surface area contributed by atoms with E-state index in [1.54, 1.807) is 0 Å². The molecule has 2 aromatic rings. The molecule has 1 fully saturated rings. The zero-order valence-corrected chi connectivity index (χ0v) is 19.3. The predicted octanol–water partition coefficient (Wildman–Crippen LogP) is 3.08. The molecule has 0 radical (unpaired) electrons. The highest BCUT2D eigenvalue weighted by Gasteiger charge is 2.26. The summed E-state index contributed by atoms with van der Waals surface area (Å²) < 4.78 is 37.0. The Morgan fingerprint density at radius 3 is 1.94 bits per heavy atom. The van der Waals surface area contributed by atoms with Crippen molar-refractivity contribution in [3.63, 3.8) is 0 Å². The number of hydrogen-bond donors (Lipinski definition) is 1. The second kappa shape index (κ2) is 10.6. The Bertz CT molecular complexity index is 1120. The predicted molar refractivity (Wildman–Crippen MR) is 121 cm³/mol. The lowest BCUT2D eigenvalue weighted by molar-refractivity contribution is 0.0598. The van der Waals surface area contributed by atoms with E-state index in [0.717, 1.165) is 25.7 Å². The molecule has 0 unspecified atom stereocenters. The van der Waals surface area contributed by atoms with Gasteiger partial charge in [-0.25, -0.2) is 18.0 Å². The van der Waals surface area contributed by atoms with Gasteiger partial charge in [0.15, 0.2) is 0 Å². The second-order valence-corrected chi connectivity index (χ2v) is 9.52. The molecule has 3 rings (SSSR count). The van der Waals surface area contributed by atoms with Crippen molar-refractivity contribution in [2.24, 2.45) is 0 Å². The number of amides is 1. The molecule has 176 valence electrons. The van der Waals surface area contributed by atoms with Crippen LogP contribution in [0, 0.1) is 0 Å². The first-order chi connectivity index (χ1) is 15.8. The maximum absolute atomic E-state index is 13.1. The van der Waals surface area contributed by atoms with E-state index in [1.807, 2.05) is 0 Å². The summed E-state index contributed by atoms with van der Waals surface area (Å²) in [5.74, 6) is -1.98. The second-order valence-electron chi connectivity index (χ2n) is 7.58. The topological polar surface area (TPSA) is 119 Å². The molecule has 0 aliphatic carbocycles. The molecule has 1 aliphatic rings. The Balaban J connectivity index is 1.88. The molecular weight excluding hydrogens is 448 g/mol. The first-order valence-electron chi connectivity index (χ1n) is 10.5. The molecule has 1 aliphatic heterocycles. The molecule has 0 aromatic heterocycles. The van der Waals surface area contributed by atoms with Crippen LogP contribution in [0.2, 0.25) is 0 Å².